The summed E-state index contributed by atoms with van der Waals surface area (Å²) >= 11 is 0. The van der Waals surface area contributed by atoms with Crippen LogP contribution in [0.1, 0.15) is 142 Å². The fourth-order valence-electron chi connectivity index (χ4n) is 12.9. The molecular weight excluding hydrogens is 553 g/mol. The van der Waals surface area contributed by atoms with Gasteiger partial charge in [0.05, 0.1) is 0 Å². The predicted octanol–water partition coefficient (Wildman–Crippen LogP) is 13.5. The molecule has 1 aromatic carbocycles. The minimum atomic E-state index is -0.196. The highest BCUT2D eigenvalue weighted by atomic mass is 14.7. The molecule has 0 heterocycles. The second kappa shape index (κ2) is 11.7. The second-order valence-electron chi connectivity index (χ2n) is 17.6. The number of unbranched alkanes of at least 4 members (excludes halogenated alkanes) is 1. The van der Waals surface area contributed by atoms with Gasteiger partial charge in [-0.1, -0.05) is 114 Å². The highest BCUT2D eigenvalue weighted by Gasteiger charge is 2.66. The van der Waals surface area contributed by atoms with Gasteiger partial charge in [-0.05, 0) is 159 Å². The van der Waals surface area contributed by atoms with Gasteiger partial charge in [0.1, 0.15) is 0 Å². The molecule has 0 spiro atoms. The Bertz CT molecular complexity index is 1550. The number of allylic oxidation sites excluding steroid dienone is 8. The summed E-state index contributed by atoms with van der Waals surface area (Å²) in [5.41, 5.74) is 14.9. The van der Waals surface area contributed by atoms with Gasteiger partial charge in [-0.25, -0.2) is 0 Å². The van der Waals surface area contributed by atoms with Crippen molar-refractivity contribution in [1.29, 1.82) is 0 Å². The number of benzene rings is 1. The van der Waals surface area contributed by atoms with Crippen LogP contribution in [0.4, 0.5) is 0 Å². The van der Waals surface area contributed by atoms with Gasteiger partial charge >= 0.3 is 0 Å². The molecule has 0 amide bonds. The highest BCUT2D eigenvalue weighted by molar-refractivity contribution is 5.87. The SMILES string of the molecule is C=C(CCCCC1CCC2C[C@@H](C)CC12)C[C@@]12CC(C)=C(C(=C)C)C(=C)[C@]1(C)C(C)=C1C(=C)c3c(C)cccc3[C@@H](C)[C@]1(C)[C@H]2C. The van der Waals surface area contributed by atoms with Crippen molar-refractivity contribution in [2.75, 3.05) is 0 Å². The molecule has 0 nitrogen and oxygen atoms in total. The van der Waals surface area contributed by atoms with Crippen molar-refractivity contribution >= 4 is 5.57 Å². The van der Waals surface area contributed by atoms with Crippen molar-refractivity contribution < 1.29 is 0 Å². The zero-order chi connectivity index (χ0) is 33.5. The maximum absolute atomic E-state index is 4.97. The molecule has 2 fully saturated rings. The Balaban J connectivity index is 1.35. The van der Waals surface area contributed by atoms with Crippen LogP contribution in [0.5, 0.6) is 0 Å². The Morgan fingerprint density at radius 2 is 1.67 bits per heavy atom. The number of aryl methyl sites for hydroxylation is 1. The molecule has 0 aliphatic heterocycles. The van der Waals surface area contributed by atoms with E-state index < -0.39 is 0 Å². The number of rotatable bonds is 8. The van der Waals surface area contributed by atoms with Crippen LogP contribution in [0, 0.1) is 52.8 Å². The van der Waals surface area contributed by atoms with Crippen molar-refractivity contribution in [3.05, 3.63) is 100 Å². The third-order valence-corrected chi connectivity index (χ3v) is 15.4. The van der Waals surface area contributed by atoms with Gasteiger partial charge in [-0.15, -0.1) is 0 Å². The van der Waals surface area contributed by atoms with Gasteiger partial charge in [0.25, 0.3) is 0 Å². The summed E-state index contributed by atoms with van der Waals surface area (Å²) in [5, 5.41) is 0. The first-order valence-electron chi connectivity index (χ1n) is 18.8. The van der Waals surface area contributed by atoms with Gasteiger partial charge in [-0.3, -0.25) is 0 Å². The Morgan fingerprint density at radius 3 is 2.37 bits per heavy atom. The molecule has 0 radical (unpaired) electrons. The van der Waals surface area contributed by atoms with Crippen molar-refractivity contribution in [3.8, 4) is 0 Å². The molecule has 0 heteroatoms. The molecule has 5 aliphatic rings. The smallest absolute Gasteiger partial charge is 0.0202 e. The quantitative estimate of drug-likeness (QED) is 0.201. The van der Waals surface area contributed by atoms with Crippen LogP contribution in [0.15, 0.2) is 83.5 Å². The van der Waals surface area contributed by atoms with Crippen LogP contribution in [0.25, 0.3) is 5.57 Å². The number of hydrogen-bond donors (Lipinski definition) is 0. The van der Waals surface area contributed by atoms with Crippen LogP contribution in [-0.2, 0) is 0 Å². The van der Waals surface area contributed by atoms with Gasteiger partial charge in [-0.2, -0.15) is 0 Å². The monoisotopic (exact) mass is 617 g/mol. The van der Waals surface area contributed by atoms with E-state index in [1.807, 2.05) is 0 Å². The minimum absolute atomic E-state index is 0.00105. The fourth-order valence-corrected chi connectivity index (χ4v) is 12.9. The molecule has 5 aliphatic carbocycles. The zero-order valence-electron chi connectivity index (χ0n) is 31.1. The molecule has 248 valence electrons. The number of fused-ring (bicyclic) bond motifs is 4. The molecular formula is C46H64. The van der Waals surface area contributed by atoms with E-state index in [0.717, 1.165) is 48.5 Å². The van der Waals surface area contributed by atoms with Gasteiger partial charge in [0.2, 0.25) is 0 Å². The van der Waals surface area contributed by atoms with E-state index in [1.165, 1.54) is 101 Å². The maximum Gasteiger partial charge on any atom is 0.0202 e. The van der Waals surface area contributed by atoms with Crippen LogP contribution < -0.4 is 0 Å². The Hall–Kier alpha value is -2.34. The molecule has 0 aromatic heterocycles. The predicted molar refractivity (Wildman–Crippen MR) is 201 cm³/mol. The third-order valence-electron chi connectivity index (χ3n) is 15.4. The Kier molecular flexibility index (Phi) is 8.51. The van der Waals surface area contributed by atoms with Crippen LogP contribution in [0.3, 0.4) is 0 Å². The lowest BCUT2D eigenvalue weighted by Crippen LogP contribution is -2.59. The summed E-state index contributed by atoms with van der Waals surface area (Å²) in [6.45, 7) is 41.1. The molecule has 46 heavy (non-hydrogen) atoms. The van der Waals surface area contributed by atoms with Crippen LogP contribution >= 0.6 is 0 Å². The molecule has 0 saturated heterocycles. The second-order valence-corrected chi connectivity index (χ2v) is 17.6. The summed E-state index contributed by atoms with van der Waals surface area (Å²) < 4.78 is 0. The van der Waals surface area contributed by atoms with Crippen molar-refractivity contribution in [2.45, 2.75) is 132 Å². The lowest BCUT2D eigenvalue weighted by Gasteiger charge is -2.68. The van der Waals surface area contributed by atoms with Crippen molar-refractivity contribution in [2.24, 2.45) is 45.8 Å². The largest absolute Gasteiger partial charge is 0.0998 e. The van der Waals surface area contributed by atoms with E-state index in [2.05, 4.69) is 87.1 Å². The van der Waals surface area contributed by atoms with E-state index in [9.17, 15) is 0 Å². The molecule has 1 aromatic rings. The first-order valence-corrected chi connectivity index (χ1v) is 18.8. The average molecular weight is 617 g/mol. The summed E-state index contributed by atoms with van der Waals surface area (Å²) in [6, 6.07) is 6.90. The van der Waals surface area contributed by atoms with E-state index in [0.29, 0.717) is 11.8 Å². The molecule has 2 saturated carbocycles. The minimum Gasteiger partial charge on any atom is -0.0998 e. The molecule has 3 unspecified atom stereocenters. The lowest BCUT2D eigenvalue weighted by molar-refractivity contribution is -0.0415. The number of hydrogen-bond acceptors (Lipinski definition) is 0. The Labute approximate surface area is 283 Å². The maximum atomic E-state index is 4.97. The summed E-state index contributed by atoms with van der Waals surface area (Å²) in [5.74, 6) is 4.82. The normalized spacial score (nSPS) is 38.5. The molecule has 9 atom stereocenters. The highest BCUT2D eigenvalue weighted by Crippen LogP contribution is 2.76. The Morgan fingerprint density at radius 1 is 0.957 bits per heavy atom. The fraction of sp³-hybridized carbons (Fsp3) is 0.609. The standard InChI is InChI=1S/C46H64/c1-27(2)41-31(6)26-46(25-28(3)17-14-15-19-37-21-22-38-23-29(4)24-40(37)38)36(11)44(12)33(8)39-20-16-18-30(5)42(39)32(7)43(44)35(10)45(46,13)34(41)9/h16,18,20,29,33,36-38,40H,1,3,7,9,14-15,17,19,21-26H2,2,4-6,8,10-13H3/t29-,33-,36-,37?,38?,40?,44-,45-,46+/m1/s1. The lowest BCUT2D eigenvalue weighted by atomic mass is 9.35. The molecule has 6 rings (SSSR count). The third kappa shape index (κ3) is 4.58. The topological polar surface area (TPSA) is 0 Å². The molecule has 0 bridgehead atoms. The van der Waals surface area contributed by atoms with Gasteiger partial charge < -0.3 is 0 Å². The van der Waals surface area contributed by atoms with Crippen LogP contribution in [0.2, 0.25) is 0 Å². The van der Waals surface area contributed by atoms with Crippen molar-refractivity contribution in [3.63, 3.8) is 0 Å². The van der Waals surface area contributed by atoms with Crippen molar-refractivity contribution in [1.82, 2.24) is 0 Å². The summed E-state index contributed by atoms with van der Waals surface area (Å²) in [6.07, 6.45) is 13.3. The van der Waals surface area contributed by atoms with Crippen LogP contribution in [-0.4, -0.2) is 0 Å². The van der Waals surface area contributed by atoms with E-state index in [1.54, 1.807) is 0 Å². The average Bonchev–Trinajstić information content (AvgIpc) is 3.54. The first-order chi connectivity index (χ1) is 21.6. The van der Waals surface area contributed by atoms with Gasteiger partial charge in [0, 0.05) is 10.8 Å². The first kappa shape index (κ1) is 33.6. The summed E-state index contributed by atoms with van der Waals surface area (Å²) in [7, 11) is 0. The van der Waals surface area contributed by atoms with E-state index in [4.69, 9.17) is 19.7 Å². The van der Waals surface area contributed by atoms with E-state index in [-0.39, 0.29) is 16.2 Å². The van der Waals surface area contributed by atoms with Gasteiger partial charge in [0.15, 0.2) is 0 Å². The molecule has 0 N–H and O–H groups in total. The summed E-state index contributed by atoms with van der Waals surface area (Å²) in [4.78, 5) is 0. The zero-order valence-corrected chi connectivity index (χ0v) is 31.1. The van der Waals surface area contributed by atoms with E-state index >= 15 is 0 Å².